The molecular weight excluding hydrogens is 420 g/mol. The normalized spacial score (nSPS) is 13.3. The Balaban J connectivity index is 1.39. The molecule has 1 fully saturated rings. The molecule has 3 aromatic rings. The van der Waals surface area contributed by atoms with Crippen LogP contribution in [0.3, 0.4) is 0 Å². The minimum atomic E-state index is 0.121. The topological polar surface area (TPSA) is 115 Å². The number of aromatic nitrogens is 3. The van der Waals surface area contributed by atoms with Crippen molar-refractivity contribution in [3.63, 3.8) is 0 Å². The number of amides is 1. The van der Waals surface area contributed by atoms with Gasteiger partial charge in [0.15, 0.2) is 5.82 Å². The fraction of sp³-hybridized carbons (Fsp3) is 0.333. The first-order valence-electron chi connectivity index (χ1n) is 10.9. The van der Waals surface area contributed by atoms with Gasteiger partial charge in [-0.1, -0.05) is 18.2 Å². The Kier molecular flexibility index (Phi) is 6.87. The number of methoxy groups -OCH3 is 1. The molecule has 3 N–H and O–H groups in total. The summed E-state index contributed by atoms with van der Waals surface area (Å²) >= 11 is 0. The lowest BCUT2D eigenvalue weighted by Gasteiger charge is -2.18. The third-order valence-electron chi connectivity index (χ3n) is 5.36. The van der Waals surface area contributed by atoms with E-state index in [0.717, 1.165) is 42.0 Å². The summed E-state index contributed by atoms with van der Waals surface area (Å²) in [7, 11) is 1.66. The molecule has 172 valence electrons. The van der Waals surface area contributed by atoms with Crippen LogP contribution in [-0.2, 0) is 17.8 Å². The van der Waals surface area contributed by atoms with Gasteiger partial charge >= 0.3 is 0 Å². The van der Waals surface area contributed by atoms with Crippen molar-refractivity contribution in [3.8, 4) is 11.5 Å². The summed E-state index contributed by atoms with van der Waals surface area (Å²) in [6.07, 6.45) is 2.20. The number of nitrogens with zero attached hydrogens (tertiary/aromatic N) is 4. The molecule has 1 saturated heterocycles. The number of nitrogen functional groups attached to an aromatic ring is 1. The third-order valence-corrected chi connectivity index (χ3v) is 5.36. The van der Waals surface area contributed by atoms with Gasteiger partial charge in [-0.3, -0.25) is 4.79 Å². The van der Waals surface area contributed by atoms with Crippen molar-refractivity contribution in [2.45, 2.75) is 32.8 Å². The van der Waals surface area contributed by atoms with E-state index >= 15 is 0 Å². The van der Waals surface area contributed by atoms with Crippen molar-refractivity contribution >= 4 is 23.5 Å². The molecule has 1 aliphatic rings. The standard InChI is InChI=1S/C24H28N6O3/c1-16-12-18(30-11-5-8-22(30)31)14-19(13-16)33-15-21-27-23(25)29-24(28-21)26-10-9-17-6-3-4-7-20(17)32-2/h3-4,6-7,12-14H,5,8-11,15H2,1-2H3,(H3,25,26,27,28,29). The number of carbonyl (C=O) groups is 1. The van der Waals surface area contributed by atoms with Crippen LogP contribution < -0.4 is 25.4 Å². The number of benzene rings is 2. The number of carbonyl (C=O) groups excluding carboxylic acids is 1. The molecule has 0 atom stereocenters. The molecule has 4 rings (SSSR count). The van der Waals surface area contributed by atoms with Crippen molar-refractivity contribution in [2.24, 2.45) is 0 Å². The van der Waals surface area contributed by atoms with Gasteiger partial charge in [0, 0.05) is 31.3 Å². The number of aryl methyl sites for hydroxylation is 1. The average Bonchev–Trinajstić information content (AvgIpc) is 3.23. The fourth-order valence-corrected chi connectivity index (χ4v) is 3.84. The number of nitrogens with one attached hydrogen (secondary N) is 1. The second-order valence-electron chi connectivity index (χ2n) is 7.86. The van der Waals surface area contributed by atoms with Gasteiger partial charge in [-0.15, -0.1) is 0 Å². The second-order valence-corrected chi connectivity index (χ2v) is 7.86. The number of nitrogens with two attached hydrogens (primary N) is 1. The summed E-state index contributed by atoms with van der Waals surface area (Å²) in [6, 6.07) is 13.6. The molecule has 0 spiro atoms. The van der Waals surface area contributed by atoms with E-state index in [9.17, 15) is 4.79 Å². The van der Waals surface area contributed by atoms with Crippen molar-refractivity contribution in [3.05, 3.63) is 59.4 Å². The Hall–Kier alpha value is -3.88. The number of para-hydroxylation sites is 1. The van der Waals surface area contributed by atoms with Crippen LogP contribution in [0.5, 0.6) is 11.5 Å². The van der Waals surface area contributed by atoms with Gasteiger partial charge in [0.2, 0.25) is 17.8 Å². The molecule has 0 unspecified atom stereocenters. The summed E-state index contributed by atoms with van der Waals surface area (Å²) in [5, 5.41) is 3.19. The summed E-state index contributed by atoms with van der Waals surface area (Å²) in [5.41, 5.74) is 8.83. The molecule has 0 bridgehead atoms. The largest absolute Gasteiger partial charge is 0.496 e. The first-order chi connectivity index (χ1) is 16.0. The van der Waals surface area contributed by atoms with E-state index in [1.807, 2.05) is 49.4 Å². The van der Waals surface area contributed by atoms with Crippen LogP contribution in [-0.4, -0.2) is 41.1 Å². The molecule has 9 heteroatoms. The van der Waals surface area contributed by atoms with Crippen LogP contribution in [0, 0.1) is 6.92 Å². The van der Waals surface area contributed by atoms with Crippen LogP contribution in [0.1, 0.15) is 29.8 Å². The fourth-order valence-electron chi connectivity index (χ4n) is 3.84. The Labute approximate surface area is 193 Å². The Morgan fingerprint density at radius 2 is 2.00 bits per heavy atom. The Bertz CT molecular complexity index is 1140. The van der Waals surface area contributed by atoms with Gasteiger partial charge < -0.3 is 25.4 Å². The van der Waals surface area contributed by atoms with Gasteiger partial charge in [-0.05, 0) is 49.1 Å². The Morgan fingerprint density at radius 1 is 1.15 bits per heavy atom. The monoisotopic (exact) mass is 448 g/mol. The van der Waals surface area contributed by atoms with E-state index in [4.69, 9.17) is 15.2 Å². The lowest BCUT2D eigenvalue weighted by molar-refractivity contribution is -0.117. The van der Waals surface area contributed by atoms with Crippen molar-refractivity contribution in [1.82, 2.24) is 15.0 Å². The van der Waals surface area contributed by atoms with Crippen LogP contribution in [0.15, 0.2) is 42.5 Å². The van der Waals surface area contributed by atoms with Gasteiger partial charge in [-0.2, -0.15) is 15.0 Å². The zero-order valence-electron chi connectivity index (χ0n) is 18.9. The third kappa shape index (κ3) is 5.68. The van der Waals surface area contributed by atoms with Crippen molar-refractivity contribution < 1.29 is 14.3 Å². The van der Waals surface area contributed by atoms with Crippen LogP contribution in [0.25, 0.3) is 0 Å². The van der Waals surface area contributed by atoms with Gasteiger partial charge in [0.1, 0.15) is 18.1 Å². The molecule has 1 aromatic heterocycles. The highest BCUT2D eigenvalue weighted by Crippen LogP contribution is 2.28. The molecule has 33 heavy (non-hydrogen) atoms. The molecule has 2 aromatic carbocycles. The van der Waals surface area contributed by atoms with Crippen LogP contribution in [0.2, 0.25) is 0 Å². The zero-order valence-corrected chi connectivity index (χ0v) is 18.9. The maximum atomic E-state index is 12.1. The van der Waals surface area contributed by atoms with E-state index in [2.05, 4.69) is 20.3 Å². The number of anilines is 3. The maximum Gasteiger partial charge on any atom is 0.227 e. The molecule has 0 saturated carbocycles. The van der Waals surface area contributed by atoms with Crippen LogP contribution in [0.4, 0.5) is 17.6 Å². The summed E-state index contributed by atoms with van der Waals surface area (Å²) < 4.78 is 11.3. The second kappa shape index (κ2) is 10.2. The lowest BCUT2D eigenvalue weighted by Crippen LogP contribution is -2.23. The summed E-state index contributed by atoms with van der Waals surface area (Å²) in [6.45, 7) is 3.44. The van der Waals surface area contributed by atoms with Gasteiger partial charge in [0.25, 0.3) is 0 Å². The molecule has 0 radical (unpaired) electrons. The molecule has 2 heterocycles. The number of hydrogen-bond donors (Lipinski definition) is 2. The number of rotatable bonds is 9. The van der Waals surface area contributed by atoms with Crippen molar-refractivity contribution in [1.29, 1.82) is 0 Å². The number of hydrogen-bond acceptors (Lipinski definition) is 8. The minimum absolute atomic E-state index is 0.121. The SMILES string of the molecule is COc1ccccc1CCNc1nc(N)nc(COc2cc(C)cc(N3CCCC3=O)c2)n1. The molecular formula is C24H28N6O3. The van der Waals surface area contributed by atoms with Gasteiger partial charge in [-0.25, -0.2) is 0 Å². The van der Waals surface area contributed by atoms with E-state index in [1.165, 1.54) is 0 Å². The predicted octanol–water partition coefficient (Wildman–Crippen LogP) is 3.13. The van der Waals surface area contributed by atoms with E-state index in [-0.39, 0.29) is 18.5 Å². The zero-order chi connectivity index (χ0) is 23.2. The Morgan fingerprint density at radius 3 is 2.79 bits per heavy atom. The molecule has 1 amide bonds. The maximum absolute atomic E-state index is 12.1. The predicted molar refractivity (Wildman–Crippen MR) is 127 cm³/mol. The lowest BCUT2D eigenvalue weighted by atomic mass is 10.1. The number of ether oxygens (including phenoxy) is 2. The van der Waals surface area contributed by atoms with Gasteiger partial charge in [0.05, 0.1) is 7.11 Å². The minimum Gasteiger partial charge on any atom is -0.496 e. The highest BCUT2D eigenvalue weighted by molar-refractivity contribution is 5.95. The average molecular weight is 449 g/mol. The van der Waals surface area contributed by atoms with Crippen molar-refractivity contribution in [2.75, 3.05) is 36.1 Å². The first kappa shape index (κ1) is 22.3. The quantitative estimate of drug-likeness (QED) is 0.513. The van der Waals surface area contributed by atoms with E-state index < -0.39 is 0 Å². The summed E-state index contributed by atoms with van der Waals surface area (Å²) in [4.78, 5) is 26.7. The smallest absolute Gasteiger partial charge is 0.227 e. The summed E-state index contributed by atoms with van der Waals surface area (Å²) in [5.74, 6) is 2.56. The van der Waals surface area contributed by atoms with Crippen LogP contribution >= 0.6 is 0 Å². The molecule has 0 aliphatic carbocycles. The molecule has 9 nitrogen and oxygen atoms in total. The highest BCUT2D eigenvalue weighted by Gasteiger charge is 2.22. The van der Waals surface area contributed by atoms with E-state index in [1.54, 1.807) is 12.0 Å². The molecule has 1 aliphatic heterocycles. The highest BCUT2D eigenvalue weighted by atomic mass is 16.5. The van der Waals surface area contributed by atoms with E-state index in [0.29, 0.717) is 30.5 Å². The first-order valence-corrected chi connectivity index (χ1v) is 10.9.